The van der Waals surface area contributed by atoms with Crippen LogP contribution in [0.2, 0.25) is 0 Å². The summed E-state index contributed by atoms with van der Waals surface area (Å²) >= 11 is 0. The van der Waals surface area contributed by atoms with E-state index in [2.05, 4.69) is 19.0 Å². The van der Waals surface area contributed by atoms with Gasteiger partial charge in [-0.1, -0.05) is 20.8 Å². The highest BCUT2D eigenvalue weighted by molar-refractivity contribution is 5.97. The molecule has 1 aliphatic rings. The molecule has 0 radical (unpaired) electrons. The molecule has 0 aliphatic carbocycles. The average molecular weight is 284 g/mol. The Morgan fingerprint density at radius 2 is 1.75 bits per heavy atom. The first-order valence-corrected chi connectivity index (χ1v) is 7.29. The van der Waals surface area contributed by atoms with E-state index < -0.39 is 17.3 Å². The zero-order valence-electron chi connectivity index (χ0n) is 13.3. The highest BCUT2D eigenvalue weighted by atomic mass is 16.4. The quantitative estimate of drug-likeness (QED) is 0.795. The third-order valence-electron chi connectivity index (χ3n) is 3.91. The Morgan fingerprint density at radius 1 is 1.25 bits per heavy atom. The Hall–Kier alpha value is -1.10. The second-order valence-electron chi connectivity index (χ2n) is 7.17. The Bertz CT molecular complexity index is 353. The van der Waals surface area contributed by atoms with Crippen LogP contribution in [0.4, 0.5) is 0 Å². The summed E-state index contributed by atoms with van der Waals surface area (Å²) in [6.45, 7) is 7.81. The van der Waals surface area contributed by atoms with E-state index in [1.807, 2.05) is 20.8 Å². The van der Waals surface area contributed by atoms with Gasteiger partial charge in [-0.2, -0.15) is 0 Å². The van der Waals surface area contributed by atoms with Gasteiger partial charge in [0.2, 0.25) is 5.91 Å². The van der Waals surface area contributed by atoms with Crippen LogP contribution in [-0.2, 0) is 9.59 Å². The number of carbonyl (C=O) groups is 2. The number of carboxylic acid groups (broad SMARTS) is 1. The molecule has 1 amide bonds. The van der Waals surface area contributed by atoms with Crippen LogP contribution in [0.25, 0.3) is 0 Å². The van der Waals surface area contributed by atoms with Gasteiger partial charge < -0.3 is 14.9 Å². The molecule has 5 heteroatoms. The number of hydrogen-bond donors (Lipinski definition) is 1. The maximum absolute atomic E-state index is 12.4. The third kappa shape index (κ3) is 4.47. The van der Waals surface area contributed by atoms with Gasteiger partial charge in [0.1, 0.15) is 5.92 Å². The van der Waals surface area contributed by atoms with Gasteiger partial charge in [-0.3, -0.25) is 9.59 Å². The Balaban J connectivity index is 2.64. The predicted molar refractivity (Wildman–Crippen MR) is 78.4 cm³/mol. The van der Waals surface area contributed by atoms with E-state index in [4.69, 9.17) is 0 Å². The largest absolute Gasteiger partial charge is 0.481 e. The summed E-state index contributed by atoms with van der Waals surface area (Å²) in [5, 5.41) is 9.33. The van der Waals surface area contributed by atoms with Crippen LogP contribution in [0.5, 0.6) is 0 Å². The van der Waals surface area contributed by atoms with E-state index in [9.17, 15) is 14.7 Å². The minimum atomic E-state index is -1.02. The van der Waals surface area contributed by atoms with Crippen molar-refractivity contribution in [1.29, 1.82) is 0 Å². The van der Waals surface area contributed by atoms with Crippen LogP contribution in [0.1, 0.15) is 33.6 Å². The molecule has 0 saturated carbocycles. The fourth-order valence-electron chi connectivity index (χ4n) is 2.88. The van der Waals surface area contributed by atoms with Gasteiger partial charge >= 0.3 is 5.97 Å². The van der Waals surface area contributed by atoms with Crippen LogP contribution >= 0.6 is 0 Å². The molecular formula is C15H28N2O3. The summed E-state index contributed by atoms with van der Waals surface area (Å²) < 4.78 is 0. The van der Waals surface area contributed by atoms with Crippen molar-refractivity contribution in [3.05, 3.63) is 0 Å². The summed E-state index contributed by atoms with van der Waals surface area (Å²) in [5.74, 6) is -1.59. The number of piperidine rings is 1. The molecule has 5 nitrogen and oxygen atoms in total. The lowest BCUT2D eigenvalue weighted by Gasteiger charge is -2.37. The fourth-order valence-corrected chi connectivity index (χ4v) is 2.88. The van der Waals surface area contributed by atoms with Crippen molar-refractivity contribution in [1.82, 2.24) is 9.80 Å². The molecule has 1 unspecified atom stereocenters. The predicted octanol–water partition coefficient (Wildman–Crippen LogP) is 1.53. The Kier molecular flexibility index (Phi) is 5.57. The number of rotatable bonds is 4. The Labute approximate surface area is 121 Å². The highest BCUT2D eigenvalue weighted by Crippen LogP contribution is 2.29. The number of likely N-dealkylation sites (tertiary alicyclic amines) is 1. The number of nitrogens with zero attached hydrogens (tertiary/aromatic N) is 2. The second kappa shape index (κ2) is 6.57. The van der Waals surface area contributed by atoms with E-state index in [0.29, 0.717) is 19.0 Å². The van der Waals surface area contributed by atoms with Crippen LogP contribution in [0.3, 0.4) is 0 Å². The monoisotopic (exact) mass is 284 g/mol. The van der Waals surface area contributed by atoms with Crippen LogP contribution in [-0.4, -0.2) is 60.5 Å². The molecule has 20 heavy (non-hydrogen) atoms. The molecular weight excluding hydrogens is 256 g/mol. The van der Waals surface area contributed by atoms with E-state index in [-0.39, 0.29) is 5.91 Å². The molecule has 0 spiro atoms. The fraction of sp³-hybridized carbons (Fsp3) is 0.867. The molecule has 0 aromatic heterocycles. The van der Waals surface area contributed by atoms with Gasteiger partial charge in [0.15, 0.2) is 0 Å². The number of aliphatic carboxylic acids is 1. The first-order valence-electron chi connectivity index (χ1n) is 7.29. The maximum Gasteiger partial charge on any atom is 0.316 e. The summed E-state index contributed by atoms with van der Waals surface area (Å²) in [4.78, 5) is 27.7. The zero-order chi connectivity index (χ0) is 15.5. The van der Waals surface area contributed by atoms with E-state index in [1.165, 1.54) is 0 Å². The summed E-state index contributed by atoms with van der Waals surface area (Å²) in [6, 6.07) is 0. The van der Waals surface area contributed by atoms with Gasteiger partial charge in [0.05, 0.1) is 0 Å². The summed E-state index contributed by atoms with van der Waals surface area (Å²) in [7, 11) is 4.11. The molecule has 1 aliphatic heterocycles. The summed E-state index contributed by atoms with van der Waals surface area (Å²) in [5.41, 5.74) is -0.552. The van der Waals surface area contributed by atoms with Gasteiger partial charge in [-0.15, -0.1) is 0 Å². The van der Waals surface area contributed by atoms with Gasteiger partial charge in [-0.25, -0.2) is 0 Å². The van der Waals surface area contributed by atoms with Crippen molar-refractivity contribution in [2.75, 3.05) is 33.7 Å². The molecule has 0 aromatic carbocycles. The average Bonchev–Trinajstić information content (AvgIpc) is 2.26. The van der Waals surface area contributed by atoms with Crippen molar-refractivity contribution < 1.29 is 14.7 Å². The van der Waals surface area contributed by atoms with Crippen molar-refractivity contribution in [3.63, 3.8) is 0 Å². The molecule has 0 bridgehead atoms. The smallest absolute Gasteiger partial charge is 0.316 e. The number of carboxylic acids is 1. The van der Waals surface area contributed by atoms with Crippen LogP contribution in [0.15, 0.2) is 0 Å². The van der Waals surface area contributed by atoms with E-state index >= 15 is 0 Å². The third-order valence-corrected chi connectivity index (χ3v) is 3.91. The lowest BCUT2D eigenvalue weighted by atomic mass is 9.79. The first kappa shape index (κ1) is 17.0. The molecule has 1 rings (SSSR count). The van der Waals surface area contributed by atoms with E-state index in [0.717, 1.165) is 19.4 Å². The van der Waals surface area contributed by atoms with Gasteiger partial charge in [0.25, 0.3) is 0 Å². The van der Waals surface area contributed by atoms with Crippen LogP contribution < -0.4 is 0 Å². The molecule has 0 aromatic rings. The molecule has 1 atom stereocenters. The van der Waals surface area contributed by atoms with Crippen LogP contribution in [0, 0.1) is 17.3 Å². The van der Waals surface area contributed by atoms with Crippen molar-refractivity contribution in [2.24, 2.45) is 17.3 Å². The van der Waals surface area contributed by atoms with E-state index in [1.54, 1.807) is 4.90 Å². The number of carbonyl (C=O) groups excluding carboxylic acids is 1. The number of hydrogen-bond acceptors (Lipinski definition) is 3. The minimum Gasteiger partial charge on any atom is -0.481 e. The molecule has 1 heterocycles. The van der Waals surface area contributed by atoms with Gasteiger partial charge in [0, 0.05) is 19.6 Å². The molecule has 1 saturated heterocycles. The normalized spacial score (nSPS) is 19.2. The molecule has 1 N–H and O–H groups in total. The lowest BCUT2D eigenvalue weighted by Crippen LogP contribution is -2.48. The van der Waals surface area contributed by atoms with Crippen molar-refractivity contribution in [2.45, 2.75) is 33.6 Å². The molecule has 1 fully saturated rings. The second-order valence-corrected chi connectivity index (χ2v) is 7.17. The topological polar surface area (TPSA) is 60.9 Å². The lowest BCUT2D eigenvalue weighted by molar-refractivity contribution is -0.156. The van der Waals surface area contributed by atoms with Crippen molar-refractivity contribution >= 4 is 11.9 Å². The maximum atomic E-state index is 12.4. The highest BCUT2D eigenvalue weighted by Gasteiger charge is 2.40. The first-order chi connectivity index (χ1) is 9.12. The molecule has 116 valence electrons. The number of amides is 1. The Morgan fingerprint density at radius 3 is 2.10 bits per heavy atom. The standard InChI is InChI=1S/C15H28N2O3/c1-15(2,3)12(14(19)20)13(18)17-8-6-11(7-9-17)10-16(4)5/h11-12H,6-10H2,1-5H3,(H,19,20). The summed E-state index contributed by atoms with van der Waals surface area (Å²) in [6.07, 6.45) is 1.92. The minimum absolute atomic E-state index is 0.228. The zero-order valence-corrected chi connectivity index (χ0v) is 13.3. The van der Waals surface area contributed by atoms with Crippen molar-refractivity contribution in [3.8, 4) is 0 Å². The van der Waals surface area contributed by atoms with Gasteiger partial charge in [-0.05, 0) is 38.3 Å². The SMILES string of the molecule is CN(C)CC1CCN(C(=O)C(C(=O)O)C(C)(C)C)CC1.